The molecule has 1 aliphatic heterocycles. The summed E-state index contributed by atoms with van der Waals surface area (Å²) in [5, 5.41) is 11.5. The molecule has 0 spiro atoms. The Morgan fingerprint density at radius 3 is 2.48 bits per heavy atom. The summed E-state index contributed by atoms with van der Waals surface area (Å²) in [5.41, 5.74) is 9.36. The van der Waals surface area contributed by atoms with E-state index >= 15 is 0 Å². The van der Waals surface area contributed by atoms with Crippen molar-refractivity contribution in [3.63, 3.8) is 0 Å². The molecule has 0 fully saturated rings. The Hall–Kier alpha value is -3.71. The Morgan fingerprint density at radius 2 is 1.66 bits per heavy atom. The number of amides is 2. The standard InChI is InChI=1S/C22H19N5O2/c23-10-5-11-27-12-15(13-6-2-4-9-17(13)27)18-19(22(29)24-21(18)28)20-14-7-1-3-8-16(14)25-26-20/h1-4,6-9,12H,5,10-11,23H2,(H,25,26)(H,24,28,29). The molecule has 4 N–H and O–H groups in total. The number of rotatable bonds is 5. The van der Waals surface area contributed by atoms with Crippen LogP contribution in [0.25, 0.3) is 33.0 Å². The summed E-state index contributed by atoms with van der Waals surface area (Å²) in [4.78, 5) is 25.6. The van der Waals surface area contributed by atoms with Gasteiger partial charge in [0.2, 0.25) is 0 Å². The summed E-state index contributed by atoms with van der Waals surface area (Å²) in [6.45, 7) is 1.31. The predicted molar refractivity (Wildman–Crippen MR) is 112 cm³/mol. The summed E-state index contributed by atoms with van der Waals surface area (Å²) in [6.07, 6.45) is 2.75. The first-order valence-corrected chi connectivity index (χ1v) is 9.51. The van der Waals surface area contributed by atoms with Crippen LogP contribution in [0, 0.1) is 0 Å². The van der Waals surface area contributed by atoms with Crippen LogP contribution in [0.4, 0.5) is 0 Å². The fourth-order valence-electron chi connectivity index (χ4n) is 3.98. The summed E-state index contributed by atoms with van der Waals surface area (Å²) in [7, 11) is 0. The molecule has 2 amide bonds. The van der Waals surface area contributed by atoms with E-state index in [4.69, 9.17) is 5.73 Å². The molecular weight excluding hydrogens is 366 g/mol. The average Bonchev–Trinajstić information content (AvgIpc) is 3.39. The van der Waals surface area contributed by atoms with Crippen LogP contribution in [-0.2, 0) is 16.1 Å². The lowest BCUT2D eigenvalue weighted by Gasteiger charge is -2.02. The molecule has 1 aliphatic rings. The minimum Gasteiger partial charge on any atom is -0.347 e. The molecule has 0 unspecified atom stereocenters. The number of imide groups is 1. The van der Waals surface area contributed by atoms with Crippen LogP contribution in [0.2, 0.25) is 0 Å². The Labute approximate surface area is 166 Å². The highest BCUT2D eigenvalue weighted by molar-refractivity contribution is 6.50. The fourth-order valence-corrected chi connectivity index (χ4v) is 3.98. The Bertz CT molecular complexity index is 1310. The normalized spacial score (nSPS) is 14.4. The molecule has 5 rings (SSSR count). The van der Waals surface area contributed by atoms with Crippen molar-refractivity contribution in [3.8, 4) is 0 Å². The van der Waals surface area contributed by atoms with Crippen molar-refractivity contribution in [1.29, 1.82) is 0 Å². The van der Waals surface area contributed by atoms with Gasteiger partial charge in [-0.15, -0.1) is 0 Å². The maximum absolute atomic E-state index is 12.8. The van der Waals surface area contributed by atoms with Crippen molar-refractivity contribution in [2.75, 3.05) is 6.54 Å². The third-order valence-electron chi connectivity index (χ3n) is 5.30. The highest BCUT2D eigenvalue weighted by Crippen LogP contribution is 2.37. The Kier molecular flexibility index (Phi) is 4.03. The molecular formula is C22H19N5O2. The molecule has 3 heterocycles. The summed E-state index contributed by atoms with van der Waals surface area (Å²) < 4.78 is 2.08. The average molecular weight is 385 g/mol. The first-order chi connectivity index (χ1) is 14.2. The summed E-state index contributed by atoms with van der Waals surface area (Å²) in [6, 6.07) is 15.4. The van der Waals surface area contributed by atoms with E-state index < -0.39 is 11.8 Å². The molecule has 144 valence electrons. The maximum atomic E-state index is 12.8. The molecule has 0 atom stereocenters. The number of H-pyrrole nitrogens is 1. The lowest BCUT2D eigenvalue weighted by molar-refractivity contribution is -0.122. The van der Waals surface area contributed by atoms with Crippen LogP contribution in [-0.4, -0.2) is 33.1 Å². The van der Waals surface area contributed by atoms with E-state index in [1.54, 1.807) is 0 Å². The zero-order valence-electron chi connectivity index (χ0n) is 15.6. The summed E-state index contributed by atoms with van der Waals surface area (Å²) >= 11 is 0. The van der Waals surface area contributed by atoms with Gasteiger partial charge in [-0.2, -0.15) is 5.10 Å². The van der Waals surface area contributed by atoms with Gasteiger partial charge in [0.1, 0.15) is 5.69 Å². The number of hydrogen-bond acceptors (Lipinski definition) is 4. The molecule has 0 radical (unpaired) electrons. The minimum atomic E-state index is -0.430. The highest BCUT2D eigenvalue weighted by Gasteiger charge is 2.35. The van der Waals surface area contributed by atoms with Gasteiger partial charge in [-0.1, -0.05) is 36.4 Å². The van der Waals surface area contributed by atoms with Crippen LogP contribution < -0.4 is 11.1 Å². The zero-order valence-corrected chi connectivity index (χ0v) is 15.6. The van der Waals surface area contributed by atoms with E-state index in [0.717, 1.165) is 40.3 Å². The SMILES string of the molecule is NCCCn1cc(C2=C(c3n[nH]c4ccccc34)C(=O)NC2=O)c2ccccc21. The van der Waals surface area contributed by atoms with E-state index in [0.29, 0.717) is 23.4 Å². The van der Waals surface area contributed by atoms with Gasteiger partial charge < -0.3 is 10.3 Å². The Balaban J connectivity index is 1.79. The summed E-state index contributed by atoms with van der Waals surface area (Å²) in [5.74, 6) is -0.833. The topological polar surface area (TPSA) is 106 Å². The van der Waals surface area contributed by atoms with Crippen molar-refractivity contribution in [3.05, 3.63) is 66.0 Å². The third-order valence-corrected chi connectivity index (χ3v) is 5.30. The van der Waals surface area contributed by atoms with E-state index in [1.165, 1.54) is 0 Å². The molecule has 2 aromatic carbocycles. The van der Waals surface area contributed by atoms with Crippen molar-refractivity contribution in [2.24, 2.45) is 5.73 Å². The number of benzene rings is 2. The number of carbonyl (C=O) groups excluding carboxylic acids is 2. The number of hydrogen-bond donors (Lipinski definition) is 3. The monoisotopic (exact) mass is 385 g/mol. The van der Waals surface area contributed by atoms with Crippen molar-refractivity contribution < 1.29 is 9.59 Å². The largest absolute Gasteiger partial charge is 0.347 e. The first kappa shape index (κ1) is 17.4. The molecule has 7 heteroatoms. The maximum Gasteiger partial charge on any atom is 0.261 e. The highest BCUT2D eigenvalue weighted by atomic mass is 16.2. The number of nitrogens with zero attached hydrogens (tertiary/aromatic N) is 2. The van der Waals surface area contributed by atoms with E-state index in [-0.39, 0.29) is 0 Å². The van der Waals surface area contributed by atoms with Crippen molar-refractivity contribution in [2.45, 2.75) is 13.0 Å². The second-order valence-corrected chi connectivity index (χ2v) is 7.05. The van der Waals surface area contributed by atoms with E-state index in [1.807, 2.05) is 54.7 Å². The van der Waals surface area contributed by atoms with Gasteiger partial charge in [-0.3, -0.25) is 20.0 Å². The van der Waals surface area contributed by atoms with Gasteiger partial charge in [0, 0.05) is 34.6 Å². The quantitative estimate of drug-likeness (QED) is 0.459. The van der Waals surface area contributed by atoms with Gasteiger partial charge in [-0.25, -0.2) is 0 Å². The van der Waals surface area contributed by atoms with Crippen molar-refractivity contribution in [1.82, 2.24) is 20.1 Å². The van der Waals surface area contributed by atoms with Crippen LogP contribution in [0.1, 0.15) is 17.7 Å². The van der Waals surface area contributed by atoms with Crippen LogP contribution in [0.15, 0.2) is 54.7 Å². The number of fused-ring (bicyclic) bond motifs is 2. The number of para-hydroxylation sites is 2. The molecule has 2 aromatic heterocycles. The number of aryl methyl sites for hydroxylation is 1. The lowest BCUT2D eigenvalue weighted by Crippen LogP contribution is -2.22. The predicted octanol–water partition coefficient (Wildman–Crippen LogP) is 2.43. The molecule has 7 nitrogen and oxygen atoms in total. The Morgan fingerprint density at radius 1 is 0.931 bits per heavy atom. The zero-order chi connectivity index (χ0) is 20.0. The number of carbonyl (C=O) groups is 2. The second kappa shape index (κ2) is 6.72. The number of nitrogens with one attached hydrogen (secondary N) is 2. The van der Waals surface area contributed by atoms with E-state index in [2.05, 4.69) is 20.1 Å². The van der Waals surface area contributed by atoms with Gasteiger partial charge in [0.15, 0.2) is 0 Å². The van der Waals surface area contributed by atoms with Gasteiger partial charge in [-0.05, 0) is 25.1 Å². The number of aromatic amines is 1. The van der Waals surface area contributed by atoms with Gasteiger partial charge >= 0.3 is 0 Å². The molecule has 29 heavy (non-hydrogen) atoms. The first-order valence-electron chi connectivity index (χ1n) is 9.51. The smallest absolute Gasteiger partial charge is 0.261 e. The molecule has 0 saturated heterocycles. The van der Waals surface area contributed by atoms with Crippen molar-refractivity contribution >= 4 is 44.8 Å². The molecule has 0 bridgehead atoms. The van der Waals surface area contributed by atoms with Crippen LogP contribution >= 0.6 is 0 Å². The van der Waals surface area contributed by atoms with Gasteiger partial charge in [0.05, 0.1) is 16.7 Å². The van der Waals surface area contributed by atoms with Gasteiger partial charge in [0.25, 0.3) is 11.8 Å². The van der Waals surface area contributed by atoms with Crippen LogP contribution in [0.3, 0.4) is 0 Å². The minimum absolute atomic E-state index is 0.300. The molecule has 0 aliphatic carbocycles. The molecule has 4 aromatic rings. The van der Waals surface area contributed by atoms with Crippen LogP contribution in [0.5, 0.6) is 0 Å². The molecule has 0 saturated carbocycles. The number of nitrogens with two attached hydrogens (primary N) is 1. The second-order valence-electron chi connectivity index (χ2n) is 7.05. The third kappa shape index (κ3) is 2.67. The number of aromatic nitrogens is 3. The van der Waals surface area contributed by atoms with E-state index in [9.17, 15) is 9.59 Å². The fraction of sp³-hybridized carbons (Fsp3) is 0.136. The lowest BCUT2D eigenvalue weighted by atomic mass is 9.97.